The summed E-state index contributed by atoms with van der Waals surface area (Å²) < 4.78 is 32.9. The lowest BCUT2D eigenvalue weighted by molar-refractivity contribution is -0.107. The molecule has 126 valence electrons. The molecule has 24 heavy (non-hydrogen) atoms. The number of allylic oxidation sites excluding steroid dienone is 1. The fraction of sp³-hybridized carbons (Fsp3) is 0.118. The van der Waals surface area contributed by atoms with Gasteiger partial charge in [-0.3, -0.25) is 9.52 Å². The average molecular weight is 366 g/mol. The number of nitrogens with one attached hydrogen (secondary N) is 1. The first kappa shape index (κ1) is 18.0. The maximum atomic E-state index is 12.5. The van der Waals surface area contributed by atoms with E-state index in [2.05, 4.69) is 4.72 Å². The number of hydrogen-bond acceptors (Lipinski definition) is 4. The van der Waals surface area contributed by atoms with Crippen molar-refractivity contribution in [1.29, 1.82) is 0 Å². The van der Waals surface area contributed by atoms with Crippen LogP contribution in [0.15, 0.2) is 59.5 Å². The minimum absolute atomic E-state index is 0.100. The standard InChI is InChI=1S/C17H16ClNO4S/c1-2-23-16-6-4-3-5-15(16)19-24(21,22)14-10-7-13(8-11-14)9-12-17(18)20/h3-12,19H,2H2,1H3. The highest BCUT2D eigenvalue weighted by atomic mass is 35.5. The normalized spacial score (nSPS) is 11.4. The summed E-state index contributed by atoms with van der Waals surface area (Å²) >= 11 is 5.22. The Balaban J connectivity index is 2.23. The monoisotopic (exact) mass is 365 g/mol. The molecule has 0 radical (unpaired) electrons. The first-order valence-corrected chi connectivity index (χ1v) is 9.01. The molecule has 0 heterocycles. The molecular weight excluding hydrogens is 350 g/mol. The third-order valence-electron chi connectivity index (χ3n) is 3.03. The van der Waals surface area contributed by atoms with Crippen LogP contribution in [0.5, 0.6) is 5.75 Å². The van der Waals surface area contributed by atoms with E-state index in [1.54, 1.807) is 36.4 Å². The lowest BCUT2D eigenvalue weighted by atomic mass is 10.2. The van der Waals surface area contributed by atoms with Gasteiger partial charge in [-0.05, 0) is 54.4 Å². The van der Waals surface area contributed by atoms with Gasteiger partial charge in [0.2, 0.25) is 5.24 Å². The number of rotatable bonds is 7. The Morgan fingerprint density at radius 1 is 1.17 bits per heavy atom. The number of ether oxygens (including phenoxy) is 1. The molecule has 0 aromatic heterocycles. The molecule has 0 saturated heterocycles. The maximum absolute atomic E-state index is 12.5. The largest absolute Gasteiger partial charge is 0.492 e. The number of carbonyl (C=O) groups excluding carboxylic acids is 1. The highest BCUT2D eigenvalue weighted by molar-refractivity contribution is 7.92. The van der Waals surface area contributed by atoms with Crippen molar-refractivity contribution in [3.8, 4) is 5.75 Å². The van der Waals surface area contributed by atoms with E-state index in [0.717, 1.165) is 0 Å². The summed E-state index contributed by atoms with van der Waals surface area (Å²) in [7, 11) is -3.75. The molecule has 0 fully saturated rings. The van der Waals surface area contributed by atoms with Crippen molar-refractivity contribution in [1.82, 2.24) is 0 Å². The zero-order chi connectivity index (χ0) is 17.6. The second-order valence-corrected chi connectivity index (χ2v) is 6.80. The molecule has 7 heteroatoms. The van der Waals surface area contributed by atoms with Gasteiger partial charge in [0.25, 0.3) is 10.0 Å². The summed E-state index contributed by atoms with van der Waals surface area (Å²) in [6.45, 7) is 2.25. The summed E-state index contributed by atoms with van der Waals surface area (Å²) in [6.07, 6.45) is 2.70. The third-order valence-corrected chi connectivity index (χ3v) is 4.54. The SMILES string of the molecule is CCOc1ccccc1NS(=O)(=O)c1ccc(C=CC(=O)Cl)cc1. The molecule has 2 aromatic carbocycles. The number of sulfonamides is 1. The molecule has 0 atom stereocenters. The van der Waals surface area contributed by atoms with Crippen LogP contribution < -0.4 is 9.46 Å². The van der Waals surface area contributed by atoms with Crippen LogP contribution in [0.25, 0.3) is 6.08 Å². The van der Waals surface area contributed by atoms with Gasteiger partial charge in [0.15, 0.2) is 0 Å². The number of carbonyl (C=O) groups is 1. The van der Waals surface area contributed by atoms with E-state index in [1.807, 2.05) is 6.92 Å². The number of para-hydroxylation sites is 2. The van der Waals surface area contributed by atoms with Crippen molar-refractivity contribution in [2.24, 2.45) is 0 Å². The molecule has 0 saturated carbocycles. The van der Waals surface area contributed by atoms with Gasteiger partial charge >= 0.3 is 0 Å². The van der Waals surface area contributed by atoms with Crippen LogP contribution in [0.2, 0.25) is 0 Å². The lowest BCUT2D eigenvalue weighted by Gasteiger charge is -2.12. The van der Waals surface area contributed by atoms with Crippen LogP contribution in [0.3, 0.4) is 0 Å². The molecule has 0 spiro atoms. The first-order valence-electron chi connectivity index (χ1n) is 7.14. The van der Waals surface area contributed by atoms with Crippen LogP contribution >= 0.6 is 11.6 Å². The van der Waals surface area contributed by atoms with Crippen molar-refractivity contribution in [2.75, 3.05) is 11.3 Å². The molecule has 2 aromatic rings. The van der Waals surface area contributed by atoms with E-state index in [4.69, 9.17) is 16.3 Å². The number of halogens is 1. The van der Waals surface area contributed by atoms with Crippen LogP contribution in [0.4, 0.5) is 5.69 Å². The molecule has 2 rings (SSSR count). The molecule has 0 unspecified atom stereocenters. The number of hydrogen-bond donors (Lipinski definition) is 1. The molecule has 0 aliphatic carbocycles. The van der Waals surface area contributed by atoms with Gasteiger partial charge in [-0.25, -0.2) is 8.42 Å². The smallest absolute Gasteiger partial charge is 0.262 e. The summed E-state index contributed by atoms with van der Waals surface area (Å²) in [6, 6.07) is 12.9. The Morgan fingerprint density at radius 3 is 2.46 bits per heavy atom. The van der Waals surface area contributed by atoms with Gasteiger partial charge in [0, 0.05) is 0 Å². The predicted molar refractivity (Wildman–Crippen MR) is 94.8 cm³/mol. The van der Waals surface area contributed by atoms with Crippen molar-refractivity contribution in [3.63, 3.8) is 0 Å². The van der Waals surface area contributed by atoms with E-state index in [9.17, 15) is 13.2 Å². The van der Waals surface area contributed by atoms with E-state index in [-0.39, 0.29) is 4.90 Å². The molecule has 1 N–H and O–H groups in total. The number of benzene rings is 2. The van der Waals surface area contributed by atoms with E-state index < -0.39 is 15.3 Å². The summed E-state index contributed by atoms with van der Waals surface area (Å²) in [5, 5.41) is -0.596. The van der Waals surface area contributed by atoms with Gasteiger partial charge < -0.3 is 4.74 Å². The quantitative estimate of drug-likeness (QED) is 0.600. The Kier molecular flexibility index (Phi) is 6.00. The molecule has 0 amide bonds. The molecule has 0 aliphatic rings. The zero-order valence-electron chi connectivity index (χ0n) is 12.9. The molecule has 5 nitrogen and oxygen atoms in total. The summed E-state index contributed by atoms with van der Waals surface area (Å²) in [5.74, 6) is 0.462. The number of anilines is 1. The van der Waals surface area contributed by atoms with Crippen LogP contribution in [0, 0.1) is 0 Å². The Morgan fingerprint density at radius 2 is 1.83 bits per heavy atom. The minimum atomic E-state index is -3.75. The van der Waals surface area contributed by atoms with Crippen molar-refractivity contribution < 1.29 is 17.9 Å². The second-order valence-electron chi connectivity index (χ2n) is 4.74. The van der Waals surface area contributed by atoms with Crippen molar-refractivity contribution >= 4 is 38.6 Å². The highest BCUT2D eigenvalue weighted by Crippen LogP contribution is 2.26. The average Bonchev–Trinajstić information content (AvgIpc) is 2.55. The predicted octanol–water partition coefficient (Wildman–Crippen LogP) is 3.66. The van der Waals surface area contributed by atoms with Gasteiger partial charge in [-0.15, -0.1) is 0 Å². The summed E-state index contributed by atoms with van der Waals surface area (Å²) in [5.41, 5.74) is 1.04. The fourth-order valence-corrected chi connectivity index (χ4v) is 3.09. The summed E-state index contributed by atoms with van der Waals surface area (Å²) in [4.78, 5) is 10.8. The Labute approximate surface area is 146 Å². The van der Waals surface area contributed by atoms with Crippen molar-refractivity contribution in [2.45, 2.75) is 11.8 Å². The highest BCUT2D eigenvalue weighted by Gasteiger charge is 2.16. The van der Waals surface area contributed by atoms with Crippen LogP contribution in [-0.2, 0) is 14.8 Å². The Hall–Kier alpha value is -2.31. The Bertz CT molecular complexity index is 845. The third kappa shape index (κ3) is 4.84. The van der Waals surface area contributed by atoms with Crippen LogP contribution in [0.1, 0.15) is 12.5 Å². The van der Waals surface area contributed by atoms with Crippen molar-refractivity contribution in [3.05, 3.63) is 60.2 Å². The van der Waals surface area contributed by atoms with E-state index in [1.165, 1.54) is 24.3 Å². The molecule has 0 aliphatic heterocycles. The van der Waals surface area contributed by atoms with Gasteiger partial charge in [-0.2, -0.15) is 0 Å². The fourth-order valence-electron chi connectivity index (χ4n) is 1.96. The zero-order valence-corrected chi connectivity index (χ0v) is 14.5. The molecular formula is C17H16ClNO4S. The lowest BCUT2D eigenvalue weighted by Crippen LogP contribution is -2.13. The topological polar surface area (TPSA) is 72.5 Å². The molecule has 0 bridgehead atoms. The van der Waals surface area contributed by atoms with Crippen LogP contribution in [-0.4, -0.2) is 20.3 Å². The van der Waals surface area contributed by atoms with E-state index >= 15 is 0 Å². The van der Waals surface area contributed by atoms with Gasteiger partial charge in [0.1, 0.15) is 5.75 Å². The minimum Gasteiger partial charge on any atom is -0.492 e. The maximum Gasteiger partial charge on any atom is 0.262 e. The van der Waals surface area contributed by atoms with Gasteiger partial charge in [-0.1, -0.05) is 30.3 Å². The second kappa shape index (κ2) is 7.99. The van der Waals surface area contributed by atoms with Gasteiger partial charge in [0.05, 0.1) is 17.2 Å². The van der Waals surface area contributed by atoms with E-state index in [0.29, 0.717) is 23.6 Å². The first-order chi connectivity index (χ1) is 11.4.